The van der Waals surface area contributed by atoms with Crippen LogP contribution in [-0.2, 0) is 0 Å². The molecule has 0 aliphatic rings. The number of H-pyrrole nitrogens is 2. The molecule has 0 spiro atoms. The summed E-state index contributed by atoms with van der Waals surface area (Å²) in [5, 5.41) is 9.75. The molecule has 0 radical (unpaired) electrons. The van der Waals surface area contributed by atoms with Gasteiger partial charge in [-0.25, -0.2) is 14.4 Å². The summed E-state index contributed by atoms with van der Waals surface area (Å²) in [5.41, 5.74) is 2.11. The van der Waals surface area contributed by atoms with E-state index in [-0.39, 0.29) is 11.7 Å². The molecule has 0 bridgehead atoms. The molecular formula is C16H10ClFN6O. The molecule has 3 N–H and O–H groups in total. The number of imidazole rings is 1. The smallest absolute Gasteiger partial charge is 0.258 e. The van der Waals surface area contributed by atoms with Crippen molar-refractivity contribution in [3.8, 4) is 11.5 Å². The molecule has 9 heteroatoms. The van der Waals surface area contributed by atoms with Gasteiger partial charge in [0, 0.05) is 12.3 Å². The maximum absolute atomic E-state index is 13.3. The predicted molar refractivity (Wildman–Crippen MR) is 90.8 cm³/mol. The van der Waals surface area contributed by atoms with E-state index in [2.05, 4.69) is 30.5 Å². The highest BCUT2D eigenvalue weighted by molar-refractivity contribution is 6.29. The average molecular weight is 357 g/mol. The monoisotopic (exact) mass is 356 g/mol. The van der Waals surface area contributed by atoms with Crippen LogP contribution in [0.15, 0.2) is 42.6 Å². The molecule has 0 atom stereocenters. The summed E-state index contributed by atoms with van der Waals surface area (Å²) in [4.78, 5) is 23.3. The molecule has 0 aliphatic carbocycles. The lowest BCUT2D eigenvalue weighted by Gasteiger charge is -2.00. The maximum Gasteiger partial charge on any atom is 0.258 e. The summed E-state index contributed by atoms with van der Waals surface area (Å²) in [6.45, 7) is 0. The third-order valence-electron chi connectivity index (χ3n) is 3.51. The standard InChI is InChI=1S/C16H10ClFN6O/c17-13-4-1-8(7-19-13)16(25)22-14-6-12(23-24-14)15-20-10-3-2-9(18)5-11(10)21-15/h1-7H,(H,20,21)(H2,22,23,24,25). The minimum atomic E-state index is -0.367. The lowest BCUT2D eigenvalue weighted by Crippen LogP contribution is -2.12. The van der Waals surface area contributed by atoms with Crippen LogP contribution in [-0.4, -0.2) is 31.1 Å². The molecule has 4 aromatic rings. The largest absolute Gasteiger partial charge is 0.337 e. The molecule has 3 heterocycles. The van der Waals surface area contributed by atoms with E-state index < -0.39 is 0 Å². The van der Waals surface area contributed by atoms with Crippen LogP contribution in [0.2, 0.25) is 5.15 Å². The van der Waals surface area contributed by atoms with E-state index in [0.717, 1.165) is 0 Å². The van der Waals surface area contributed by atoms with Crippen molar-refractivity contribution in [3.63, 3.8) is 0 Å². The number of anilines is 1. The minimum Gasteiger partial charge on any atom is -0.337 e. The number of aromatic nitrogens is 5. The zero-order valence-electron chi connectivity index (χ0n) is 12.5. The Labute approximate surface area is 145 Å². The SMILES string of the molecule is O=C(Nc1cc(-c2nc3ccc(F)cc3[nH]2)[nH]n1)c1ccc(Cl)nc1. The minimum absolute atomic E-state index is 0.305. The fourth-order valence-electron chi connectivity index (χ4n) is 2.32. The van der Waals surface area contributed by atoms with Crippen LogP contribution in [0.1, 0.15) is 10.4 Å². The van der Waals surface area contributed by atoms with E-state index in [9.17, 15) is 9.18 Å². The van der Waals surface area contributed by atoms with Crippen molar-refractivity contribution in [2.75, 3.05) is 5.32 Å². The van der Waals surface area contributed by atoms with E-state index in [0.29, 0.717) is 39.1 Å². The van der Waals surface area contributed by atoms with Crippen LogP contribution in [0.3, 0.4) is 0 Å². The number of aromatic amines is 2. The van der Waals surface area contributed by atoms with Crippen LogP contribution < -0.4 is 5.32 Å². The Morgan fingerprint density at radius 2 is 2.08 bits per heavy atom. The van der Waals surface area contributed by atoms with Gasteiger partial charge in [-0.2, -0.15) is 5.10 Å². The molecule has 0 unspecified atom stereocenters. The topological polar surface area (TPSA) is 99.3 Å². The van der Waals surface area contributed by atoms with Crippen molar-refractivity contribution >= 4 is 34.4 Å². The summed E-state index contributed by atoms with van der Waals surface area (Å²) in [6.07, 6.45) is 1.37. The molecule has 0 saturated carbocycles. The van der Waals surface area contributed by atoms with Gasteiger partial charge in [0.15, 0.2) is 11.6 Å². The summed E-state index contributed by atoms with van der Waals surface area (Å²) in [7, 11) is 0. The molecule has 7 nitrogen and oxygen atoms in total. The quantitative estimate of drug-likeness (QED) is 0.490. The average Bonchev–Trinajstić information content (AvgIpc) is 3.21. The molecular weight excluding hydrogens is 347 g/mol. The fourth-order valence-corrected chi connectivity index (χ4v) is 2.43. The molecule has 1 aromatic carbocycles. The summed E-state index contributed by atoms with van der Waals surface area (Å²) < 4.78 is 13.3. The Hall–Kier alpha value is -3.26. The molecule has 1 amide bonds. The van der Waals surface area contributed by atoms with Gasteiger partial charge in [-0.1, -0.05) is 11.6 Å². The lowest BCUT2D eigenvalue weighted by molar-refractivity contribution is 0.102. The first kappa shape index (κ1) is 15.3. The molecule has 0 saturated heterocycles. The Bertz CT molecular complexity index is 1070. The second kappa shape index (κ2) is 5.99. The molecule has 124 valence electrons. The number of benzene rings is 1. The Morgan fingerprint density at radius 3 is 2.88 bits per heavy atom. The Kier molecular flexibility index (Phi) is 3.66. The van der Waals surface area contributed by atoms with Crippen molar-refractivity contribution in [3.05, 3.63) is 59.1 Å². The number of nitrogens with one attached hydrogen (secondary N) is 3. The number of fused-ring (bicyclic) bond motifs is 1. The number of amides is 1. The lowest BCUT2D eigenvalue weighted by atomic mass is 10.2. The van der Waals surface area contributed by atoms with Crippen LogP contribution in [0.5, 0.6) is 0 Å². The fraction of sp³-hybridized carbons (Fsp3) is 0. The Balaban J connectivity index is 1.56. The van der Waals surface area contributed by atoms with Gasteiger partial charge in [0.25, 0.3) is 5.91 Å². The van der Waals surface area contributed by atoms with E-state index in [4.69, 9.17) is 11.6 Å². The first-order valence-corrected chi connectivity index (χ1v) is 7.60. The van der Waals surface area contributed by atoms with Gasteiger partial charge in [-0.15, -0.1) is 0 Å². The summed E-state index contributed by atoms with van der Waals surface area (Å²) in [6, 6.07) is 8.99. The maximum atomic E-state index is 13.3. The molecule has 25 heavy (non-hydrogen) atoms. The predicted octanol–water partition coefficient (Wildman–Crippen LogP) is 3.39. The molecule has 4 rings (SSSR count). The first-order chi connectivity index (χ1) is 12.1. The number of nitrogens with zero attached hydrogens (tertiary/aromatic N) is 3. The van der Waals surface area contributed by atoms with Gasteiger partial charge in [0.05, 0.1) is 16.6 Å². The van der Waals surface area contributed by atoms with Crippen LogP contribution in [0.4, 0.5) is 10.2 Å². The third kappa shape index (κ3) is 3.07. The highest BCUT2D eigenvalue weighted by Gasteiger charge is 2.12. The first-order valence-electron chi connectivity index (χ1n) is 7.22. The normalized spacial score (nSPS) is 11.0. The second-order valence-corrected chi connectivity index (χ2v) is 5.62. The van der Waals surface area contributed by atoms with Gasteiger partial charge < -0.3 is 10.3 Å². The van der Waals surface area contributed by atoms with Gasteiger partial charge in [0.1, 0.15) is 16.7 Å². The second-order valence-electron chi connectivity index (χ2n) is 5.24. The van der Waals surface area contributed by atoms with Gasteiger partial charge in [0.2, 0.25) is 0 Å². The Morgan fingerprint density at radius 1 is 1.20 bits per heavy atom. The van der Waals surface area contributed by atoms with Crippen LogP contribution in [0, 0.1) is 5.82 Å². The number of carbonyl (C=O) groups is 1. The van der Waals surface area contributed by atoms with E-state index in [1.807, 2.05) is 0 Å². The van der Waals surface area contributed by atoms with E-state index in [1.54, 1.807) is 18.2 Å². The summed E-state index contributed by atoms with van der Waals surface area (Å²) >= 11 is 5.70. The third-order valence-corrected chi connectivity index (χ3v) is 3.73. The van der Waals surface area contributed by atoms with Gasteiger partial charge in [-0.05, 0) is 30.3 Å². The number of hydrogen-bond acceptors (Lipinski definition) is 4. The van der Waals surface area contributed by atoms with Crippen molar-refractivity contribution in [2.45, 2.75) is 0 Å². The van der Waals surface area contributed by atoms with Gasteiger partial charge >= 0.3 is 0 Å². The number of carbonyl (C=O) groups excluding carboxylic acids is 1. The van der Waals surface area contributed by atoms with Crippen molar-refractivity contribution < 1.29 is 9.18 Å². The number of halogens is 2. The zero-order chi connectivity index (χ0) is 17.4. The number of pyridine rings is 1. The van der Waals surface area contributed by atoms with Crippen molar-refractivity contribution in [1.29, 1.82) is 0 Å². The van der Waals surface area contributed by atoms with Gasteiger partial charge in [-0.3, -0.25) is 9.89 Å². The summed E-state index contributed by atoms with van der Waals surface area (Å²) in [5.74, 6) is 0.0917. The number of hydrogen-bond donors (Lipinski definition) is 3. The molecule has 3 aromatic heterocycles. The van der Waals surface area contributed by atoms with E-state index in [1.165, 1.54) is 24.4 Å². The van der Waals surface area contributed by atoms with Crippen LogP contribution in [0.25, 0.3) is 22.6 Å². The van der Waals surface area contributed by atoms with Crippen molar-refractivity contribution in [1.82, 2.24) is 25.1 Å². The number of rotatable bonds is 3. The highest BCUT2D eigenvalue weighted by Crippen LogP contribution is 2.21. The molecule has 0 fully saturated rings. The van der Waals surface area contributed by atoms with E-state index >= 15 is 0 Å². The van der Waals surface area contributed by atoms with Crippen molar-refractivity contribution in [2.24, 2.45) is 0 Å². The zero-order valence-corrected chi connectivity index (χ0v) is 13.3. The van der Waals surface area contributed by atoms with Crippen LogP contribution >= 0.6 is 11.6 Å². The highest BCUT2D eigenvalue weighted by atomic mass is 35.5. The molecule has 0 aliphatic heterocycles.